The van der Waals surface area contributed by atoms with Crippen LogP contribution in [0.3, 0.4) is 0 Å². The maximum Gasteiger partial charge on any atom is 0.203 e. The van der Waals surface area contributed by atoms with Crippen LogP contribution in [0.15, 0.2) is 46.9 Å². The maximum atomic E-state index is 6.00. The second-order valence-corrected chi connectivity index (χ2v) is 7.23. The Hall–Kier alpha value is -2.57. The van der Waals surface area contributed by atoms with E-state index in [-0.39, 0.29) is 0 Å². The van der Waals surface area contributed by atoms with Crippen LogP contribution < -0.4 is 14.9 Å². The van der Waals surface area contributed by atoms with Crippen LogP contribution in [0, 0.1) is 13.8 Å². The first kappa shape index (κ1) is 19.2. The summed E-state index contributed by atoms with van der Waals surface area (Å²) >= 11 is 7.51. The highest BCUT2D eigenvalue weighted by Gasteiger charge is 2.07. The molecule has 27 heavy (non-hydrogen) atoms. The molecule has 3 rings (SSSR count). The molecule has 0 radical (unpaired) electrons. The topological polar surface area (TPSA) is 55.7 Å². The number of ether oxygens (including phenoxy) is 2. The average Bonchev–Trinajstić information content (AvgIpc) is 3.06. The Bertz CT molecular complexity index is 956. The Balaban J connectivity index is 1.70. The number of anilines is 1. The number of nitrogens with zero attached hydrogens (tertiary/aromatic N) is 2. The molecule has 0 saturated carbocycles. The van der Waals surface area contributed by atoms with Gasteiger partial charge in [-0.3, -0.25) is 5.43 Å². The summed E-state index contributed by atoms with van der Waals surface area (Å²) in [5, 5.41) is 7.67. The van der Waals surface area contributed by atoms with Crippen molar-refractivity contribution in [2.45, 2.75) is 20.5 Å². The molecular formula is C20H20ClN3O2S. The molecule has 1 heterocycles. The molecule has 0 aliphatic heterocycles. The summed E-state index contributed by atoms with van der Waals surface area (Å²) in [6.45, 7) is 4.30. The standard InChI is InChI=1S/C20H20ClN3O2S/c1-13-8-17(21)5-7-18(13)26-11-16-9-15(4-6-19(16)25-3)10-22-24-20-23-14(2)12-27-20/h4-10,12H,11H2,1-3H3,(H,23,24). The van der Waals surface area contributed by atoms with Gasteiger partial charge in [0.1, 0.15) is 18.1 Å². The van der Waals surface area contributed by atoms with Gasteiger partial charge in [0.25, 0.3) is 0 Å². The number of nitrogens with one attached hydrogen (secondary N) is 1. The molecule has 0 aliphatic carbocycles. The van der Waals surface area contributed by atoms with Crippen molar-refractivity contribution in [1.29, 1.82) is 0 Å². The van der Waals surface area contributed by atoms with Crippen molar-refractivity contribution in [2.75, 3.05) is 12.5 Å². The van der Waals surface area contributed by atoms with Crippen molar-refractivity contribution in [3.8, 4) is 11.5 Å². The van der Waals surface area contributed by atoms with E-state index in [9.17, 15) is 0 Å². The quantitative estimate of drug-likeness (QED) is 0.422. The molecule has 0 bridgehead atoms. The first-order chi connectivity index (χ1) is 13.0. The predicted molar refractivity (Wildman–Crippen MR) is 112 cm³/mol. The van der Waals surface area contributed by atoms with E-state index in [1.54, 1.807) is 13.3 Å². The lowest BCUT2D eigenvalue weighted by Crippen LogP contribution is -2.01. The van der Waals surface area contributed by atoms with Crippen molar-refractivity contribution < 1.29 is 9.47 Å². The molecule has 7 heteroatoms. The average molecular weight is 402 g/mol. The van der Waals surface area contributed by atoms with Crippen molar-refractivity contribution in [2.24, 2.45) is 5.10 Å². The first-order valence-corrected chi connectivity index (χ1v) is 9.58. The highest BCUT2D eigenvalue weighted by atomic mass is 35.5. The fourth-order valence-electron chi connectivity index (χ4n) is 2.49. The monoisotopic (exact) mass is 401 g/mol. The summed E-state index contributed by atoms with van der Waals surface area (Å²) < 4.78 is 11.4. The molecule has 140 valence electrons. The van der Waals surface area contributed by atoms with Gasteiger partial charge in [0.15, 0.2) is 0 Å². The van der Waals surface area contributed by atoms with Crippen molar-refractivity contribution in [1.82, 2.24) is 4.98 Å². The van der Waals surface area contributed by atoms with Crippen LogP contribution in [0.25, 0.3) is 0 Å². The van der Waals surface area contributed by atoms with Gasteiger partial charge >= 0.3 is 0 Å². The Morgan fingerprint density at radius 1 is 1.19 bits per heavy atom. The predicted octanol–water partition coefficient (Wildman–Crippen LogP) is 5.45. The zero-order valence-electron chi connectivity index (χ0n) is 15.3. The van der Waals surface area contributed by atoms with Crippen molar-refractivity contribution >= 4 is 34.3 Å². The molecule has 0 aliphatic rings. The van der Waals surface area contributed by atoms with Gasteiger partial charge in [0, 0.05) is 16.0 Å². The van der Waals surface area contributed by atoms with Gasteiger partial charge < -0.3 is 9.47 Å². The van der Waals surface area contributed by atoms with E-state index in [0.717, 1.165) is 39.0 Å². The molecular weight excluding hydrogens is 382 g/mol. The Kier molecular flexibility index (Phi) is 6.32. The number of hydrogen-bond donors (Lipinski definition) is 1. The van der Waals surface area contributed by atoms with Crippen LogP contribution in [-0.4, -0.2) is 18.3 Å². The maximum absolute atomic E-state index is 6.00. The van der Waals surface area contributed by atoms with E-state index in [2.05, 4.69) is 15.5 Å². The van der Waals surface area contributed by atoms with Crippen LogP contribution in [-0.2, 0) is 6.61 Å². The number of rotatable bonds is 7. The second kappa shape index (κ2) is 8.88. The number of aromatic nitrogens is 1. The molecule has 0 unspecified atom stereocenters. The lowest BCUT2D eigenvalue weighted by atomic mass is 10.1. The fraction of sp³-hybridized carbons (Fsp3) is 0.200. The summed E-state index contributed by atoms with van der Waals surface area (Å²) in [6.07, 6.45) is 1.74. The van der Waals surface area contributed by atoms with Crippen molar-refractivity contribution in [3.05, 3.63) is 69.2 Å². The van der Waals surface area contributed by atoms with Gasteiger partial charge in [-0.2, -0.15) is 5.10 Å². The van der Waals surface area contributed by atoms with Crippen LogP contribution >= 0.6 is 22.9 Å². The number of halogens is 1. The zero-order chi connectivity index (χ0) is 19.2. The molecule has 1 N–H and O–H groups in total. The van der Waals surface area contributed by atoms with E-state index in [1.165, 1.54) is 11.3 Å². The molecule has 2 aromatic carbocycles. The molecule has 0 atom stereocenters. The van der Waals surface area contributed by atoms with Crippen LogP contribution in [0.4, 0.5) is 5.13 Å². The number of thiazole rings is 1. The van der Waals surface area contributed by atoms with E-state index < -0.39 is 0 Å². The van der Waals surface area contributed by atoms with Gasteiger partial charge in [0.2, 0.25) is 5.13 Å². The summed E-state index contributed by atoms with van der Waals surface area (Å²) in [4.78, 5) is 4.31. The lowest BCUT2D eigenvalue weighted by Gasteiger charge is -2.13. The van der Waals surface area contributed by atoms with Crippen LogP contribution in [0.2, 0.25) is 5.02 Å². The van der Waals surface area contributed by atoms with Crippen molar-refractivity contribution in [3.63, 3.8) is 0 Å². The summed E-state index contributed by atoms with van der Waals surface area (Å²) in [7, 11) is 1.65. The van der Waals surface area contributed by atoms with Gasteiger partial charge in [0.05, 0.1) is 19.0 Å². The highest BCUT2D eigenvalue weighted by molar-refractivity contribution is 7.13. The van der Waals surface area contributed by atoms with Crippen LogP contribution in [0.5, 0.6) is 11.5 Å². The largest absolute Gasteiger partial charge is 0.496 e. The molecule has 0 saturated heterocycles. The van der Waals surface area contributed by atoms with Gasteiger partial charge in [-0.15, -0.1) is 11.3 Å². The Morgan fingerprint density at radius 2 is 2.00 bits per heavy atom. The minimum atomic E-state index is 0.381. The number of hydrogen-bond acceptors (Lipinski definition) is 6. The number of hydrazone groups is 1. The Labute approximate surface area is 167 Å². The fourth-order valence-corrected chi connectivity index (χ4v) is 3.35. The number of methoxy groups -OCH3 is 1. The summed E-state index contributed by atoms with van der Waals surface area (Å²) in [5.41, 5.74) is 6.76. The SMILES string of the molecule is COc1ccc(C=NNc2nc(C)cs2)cc1COc1ccc(Cl)cc1C. The highest BCUT2D eigenvalue weighted by Crippen LogP contribution is 2.25. The van der Waals surface area contributed by atoms with E-state index in [0.29, 0.717) is 11.6 Å². The molecule has 1 aromatic heterocycles. The second-order valence-electron chi connectivity index (χ2n) is 5.93. The summed E-state index contributed by atoms with van der Waals surface area (Å²) in [6, 6.07) is 11.4. The lowest BCUT2D eigenvalue weighted by molar-refractivity contribution is 0.295. The number of benzene rings is 2. The summed E-state index contributed by atoms with van der Waals surface area (Å²) in [5.74, 6) is 1.56. The first-order valence-electron chi connectivity index (χ1n) is 8.32. The minimum Gasteiger partial charge on any atom is -0.496 e. The normalized spacial score (nSPS) is 11.0. The smallest absolute Gasteiger partial charge is 0.203 e. The third kappa shape index (κ3) is 5.21. The third-order valence-electron chi connectivity index (χ3n) is 3.82. The van der Waals surface area contributed by atoms with Gasteiger partial charge in [-0.05, 0) is 61.4 Å². The molecule has 0 amide bonds. The molecule has 0 spiro atoms. The van der Waals surface area contributed by atoms with E-state index in [1.807, 2.05) is 55.6 Å². The molecule has 0 fully saturated rings. The third-order valence-corrected chi connectivity index (χ3v) is 4.92. The Morgan fingerprint density at radius 3 is 2.70 bits per heavy atom. The number of aryl methyl sites for hydroxylation is 2. The van der Waals surface area contributed by atoms with Gasteiger partial charge in [-0.25, -0.2) is 4.98 Å². The van der Waals surface area contributed by atoms with Gasteiger partial charge in [-0.1, -0.05) is 11.6 Å². The molecule has 3 aromatic rings. The zero-order valence-corrected chi connectivity index (χ0v) is 16.9. The van der Waals surface area contributed by atoms with E-state index >= 15 is 0 Å². The minimum absolute atomic E-state index is 0.381. The molecule has 5 nitrogen and oxygen atoms in total. The van der Waals surface area contributed by atoms with E-state index in [4.69, 9.17) is 21.1 Å². The van der Waals surface area contributed by atoms with Crippen LogP contribution in [0.1, 0.15) is 22.4 Å².